The molecule has 0 saturated carbocycles. The van der Waals surface area contributed by atoms with Gasteiger partial charge in [0, 0.05) is 43.7 Å². The summed E-state index contributed by atoms with van der Waals surface area (Å²) >= 11 is 1.04. The van der Waals surface area contributed by atoms with Gasteiger partial charge in [0.25, 0.3) is 5.56 Å². The first-order valence-corrected chi connectivity index (χ1v) is 10.2. The van der Waals surface area contributed by atoms with Gasteiger partial charge >= 0.3 is 0 Å². The minimum Gasteiger partial charge on any atom is -0.506 e. The van der Waals surface area contributed by atoms with Gasteiger partial charge in [-0.15, -0.1) is 0 Å². The lowest BCUT2D eigenvalue weighted by molar-refractivity contribution is 0.312. The lowest BCUT2D eigenvalue weighted by atomic mass is 9.91. The Morgan fingerprint density at radius 3 is 2.67 bits per heavy atom. The number of benzene rings is 1. The van der Waals surface area contributed by atoms with Crippen LogP contribution in [0.15, 0.2) is 16.9 Å². The van der Waals surface area contributed by atoms with Crippen LogP contribution >= 0.6 is 11.3 Å². The number of pyridine rings is 1. The molecule has 3 aromatic heterocycles. The summed E-state index contributed by atoms with van der Waals surface area (Å²) < 4.78 is 0. The molecule has 0 bridgehead atoms. The summed E-state index contributed by atoms with van der Waals surface area (Å²) in [4.78, 5) is 27.7. The van der Waals surface area contributed by atoms with Crippen molar-refractivity contribution < 1.29 is 10.2 Å². The fourth-order valence-corrected chi connectivity index (χ4v) is 4.77. The van der Waals surface area contributed by atoms with E-state index in [0.717, 1.165) is 37.5 Å². The van der Waals surface area contributed by atoms with Crippen LogP contribution in [-0.4, -0.2) is 71.1 Å². The zero-order chi connectivity index (χ0) is 21.2. The summed E-state index contributed by atoms with van der Waals surface area (Å²) in [5.74, 6) is 0.304. The molecule has 1 aliphatic rings. The van der Waals surface area contributed by atoms with Gasteiger partial charge in [-0.25, -0.2) is 4.98 Å². The van der Waals surface area contributed by atoms with Crippen LogP contribution in [-0.2, 0) is 0 Å². The molecule has 30 heavy (non-hydrogen) atoms. The summed E-state index contributed by atoms with van der Waals surface area (Å²) in [5.41, 5.74) is 8.05. The number of phenols is 1. The predicted octanol–water partition coefficient (Wildman–Crippen LogP) is 0.672. The zero-order valence-corrected chi connectivity index (χ0v) is 17.0. The van der Waals surface area contributed by atoms with Crippen LogP contribution in [0.2, 0.25) is 0 Å². The summed E-state index contributed by atoms with van der Waals surface area (Å²) in [5, 5.41) is 21.0. The number of piperazine rings is 1. The molecule has 2 radical (unpaired) electrons. The smallest absolute Gasteiger partial charge is 0.262 e. The molecular formula is C19H19BN6O3S. The molecule has 1 aromatic carbocycles. The molecule has 1 fully saturated rings. The summed E-state index contributed by atoms with van der Waals surface area (Å²) in [6.07, 6.45) is 0. The maximum absolute atomic E-state index is 12.7. The van der Waals surface area contributed by atoms with Gasteiger partial charge in [-0.1, -0.05) is 11.3 Å². The summed E-state index contributed by atoms with van der Waals surface area (Å²) in [6.45, 7) is 3.20. The number of fused-ring (bicyclic) bond motifs is 2. The number of H-pyrrole nitrogens is 2. The maximum Gasteiger partial charge on any atom is 0.262 e. The van der Waals surface area contributed by atoms with Crippen LogP contribution in [0.3, 0.4) is 0 Å². The van der Waals surface area contributed by atoms with E-state index < -0.39 is 5.56 Å². The van der Waals surface area contributed by atoms with Crippen LogP contribution in [0.5, 0.6) is 10.8 Å². The standard InChI is InChI=1S/C19H19BN6O3S/c1-25-2-4-26(5-3-25)16-10(27)7-9-15(13(16)20)23-17(22-9)12-14(21)8-6-11(28)30-19(8)24-18(12)29/h6-7,27-28H,2-5H2,1H3,(H,22,23)(H3,21,24,29). The number of phenolic OH excluding ortho intramolecular Hbond substituents is 1. The number of nitrogen functional groups attached to an aromatic ring is 1. The molecule has 0 aliphatic carbocycles. The fourth-order valence-electron chi connectivity index (χ4n) is 3.96. The monoisotopic (exact) mass is 422 g/mol. The van der Waals surface area contributed by atoms with E-state index in [-0.39, 0.29) is 27.9 Å². The Labute approximate surface area is 176 Å². The number of aromatic nitrogens is 3. The highest BCUT2D eigenvalue weighted by Gasteiger charge is 2.23. The van der Waals surface area contributed by atoms with Crippen molar-refractivity contribution in [1.82, 2.24) is 19.9 Å². The molecule has 4 heterocycles. The Kier molecular flexibility index (Phi) is 4.19. The molecule has 6 N–H and O–H groups in total. The number of aromatic hydroxyl groups is 2. The molecule has 0 spiro atoms. The molecule has 0 atom stereocenters. The molecule has 0 unspecified atom stereocenters. The molecule has 152 valence electrons. The first kappa shape index (κ1) is 18.8. The number of imidazole rings is 1. The number of nitrogens with two attached hydrogens (primary N) is 1. The second kappa shape index (κ2) is 6.68. The fraction of sp³-hybridized carbons (Fsp3) is 0.263. The molecule has 5 rings (SSSR count). The Balaban J connectivity index is 1.67. The van der Waals surface area contributed by atoms with E-state index in [4.69, 9.17) is 13.6 Å². The third-order valence-electron chi connectivity index (χ3n) is 5.55. The van der Waals surface area contributed by atoms with Gasteiger partial charge in [-0.3, -0.25) is 4.79 Å². The van der Waals surface area contributed by atoms with Crippen LogP contribution in [0.25, 0.3) is 32.6 Å². The topological polar surface area (TPSA) is 134 Å². The first-order chi connectivity index (χ1) is 14.3. The summed E-state index contributed by atoms with van der Waals surface area (Å²) in [7, 11) is 8.45. The Hall–Kier alpha value is -3.18. The minimum absolute atomic E-state index is 0.0554. The second-order valence-electron chi connectivity index (χ2n) is 7.50. The summed E-state index contributed by atoms with van der Waals surface area (Å²) in [6, 6.07) is 3.07. The average molecular weight is 422 g/mol. The maximum atomic E-state index is 12.7. The van der Waals surface area contributed by atoms with Gasteiger partial charge in [-0.05, 0) is 12.5 Å². The van der Waals surface area contributed by atoms with Crippen molar-refractivity contribution in [2.45, 2.75) is 0 Å². The van der Waals surface area contributed by atoms with Gasteiger partial charge in [0.15, 0.2) is 5.06 Å². The van der Waals surface area contributed by atoms with E-state index >= 15 is 0 Å². The normalized spacial score (nSPS) is 15.4. The highest BCUT2D eigenvalue weighted by Crippen LogP contribution is 2.36. The van der Waals surface area contributed by atoms with Gasteiger partial charge in [0.2, 0.25) is 0 Å². The highest BCUT2D eigenvalue weighted by atomic mass is 32.1. The quantitative estimate of drug-likeness (QED) is 0.300. The van der Waals surface area contributed by atoms with Crippen LogP contribution < -0.4 is 21.7 Å². The number of anilines is 2. The van der Waals surface area contributed by atoms with E-state index in [9.17, 15) is 15.0 Å². The predicted molar refractivity (Wildman–Crippen MR) is 120 cm³/mol. The van der Waals surface area contributed by atoms with Crippen molar-refractivity contribution in [3.8, 4) is 22.2 Å². The number of likely N-dealkylation sites (N-methyl/N-ethyl adjacent to an activating group) is 1. The number of rotatable bonds is 2. The number of thiophene rings is 1. The van der Waals surface area contributed by atoms with E-state index in [1.54, 1.807) is 6.07 Å². The Morgan fingerprint density at radius 1 is 1.20 bits per heavy atom. The Bertz CT molecular complexity index is 1350. The van der Waals surface area contributed by atoms with Crippen molar-refractivity contribution in [3.63, 3.8) is 0 Å². The van der Waals surface area contributed by atoms with Crippen molar-refractivity contribution >= 4 is 57.3 Å². The number of aromatic amines is 2. The average Bonchev–Trinajstić information content (AvgIpc) is 3.26. The molecule has 9 nitrogen and oxygen atoms in total. The molecule has 11 heteroatoms. The molecular weight excluding hydrogens is 403 g/mol. The first-order valence-electron chi connectivity index (χ1n) is 9.42. The molecule has 1 aliphatic heterocycles. The highest BCUT2D eigenvalue weighted by molar-refractivity contribution is 7.20. The number of hydrogen-bond donors (Lipinski definition) is 5. The second-order valence-corrected chi connectivity index (χ2v) is 8.53. The Morgan fingerprint density at radius 2 is 1.93 bits per heavy atom. The number of hydrogen-bond acceptors (Lipinski definition) is 8. The van der Waals surface area contributed by atoms with E-state index in [0.29, 0.717) is 32.4 Å². The minimum atomic E-state index is -0.428. The van der Waals surface area contributed by atoms with Crippen LogP contribution in [0, 0.1) is 0 Å². The molecule has 1 saturated heterocycles. The van der Waals surface area contributed by atoms with Crippen molar-refractivity contribution in [2.75, 3.05) is 43.9 Å². The van der Waals surface area contributed by atoms with E-state index in [1.807, 2.05) is 4.90 Å². The lowest BCUT2D eigenvalue weighted by Gasteiger charge is -2.35. The third-order valence-corrected chi connectivity index (χ3v) is 6.41. The van der Waals surface area contributed by atoms with Crippen molar-refractivity contribution in [1.29, 1.82) is 0 Å². The third kappa shape index (κ3) is 2.81. The van der Waals surface area contributed by atoms with E-state index in [1.165, 1.54) is 6.07 Å². The van der Waals surface area contributed by atoms with E-state index in [2.05, 4.69) is 26.9 Å². The van der Waals surface area contributed by atoms with Crippen LogP contribution in [0.4, 0.5) is 11.4 Å². The van der Waals surface area contributed by atoms with Gasteiger partial charge in [0.05, 0.1) is 22.4 Å². The van der Waals surface area contributed by atoms with Gasteiger partial charge in [-0.2, -0.15) is 0 Å². The van der Waals surface area contributed by atoms with Gasteiger partial charge < -0.3 is 35.7 Å². The number of nitrogens with zero attached hydrogens (tertiary/aromatic N) is 3. The molecule has 0 amide bonds. The zero-order valence-electron chi connectivity index (χ0n) is 16.2. The molecule has 4 aromatic rings. The van der Waals surface area contributed by atoms with Crippen molar-refractivity contribution in [2.24, 2.45) is 0 Å². The van der Waals surface area contributed by atoms with Crippen molar-refractivity contribution in [3.05, 3.63) is 22.5 Å². The SMILES string of the molecule is [B]c1c(N2CCN(C)CC2)c(O)cc2[nH]c(-c3c(N)c4cc(O)sc4[nH]c3=O)nc12. The largest absolute Gasteiger partial charge is 0.506 e. The lowest BCUT2D eigenvalue weighted by Crippen LogP contribution is -2.46. The number of nitrogens with one attached hydrogen (secondary N) is 2. The van der Waals surface area contributed by atoms with Gasteiger partial charge in [0.1, 0.15) is 29.8 Å². The van der Waals surface area contributed by atoms with Crippen LogP contribution in [0.1, 0.15) is 0 Å².